The normalized spacial score (nSPS) is 17.4. The number of benzene rings is 1. The Morgan fingerprint density at radius 3 is 2.63 bits per heavy atom. The third-order valence-corrected chi connectivity index (χ3v) is 7.34. The van der Waals surface area contributed by atoms with Crippen molar-refractivity contribution in [3.05, 3.63) is 40.3 Å². The van der Waals surface area contributed by atoms with Gasteiger partial charge in [-0.2, -0.15) is 5.26 Å². The molecule has 0 saturated carbocycles. The van der Waals surface area contributed by atoms with Crippen molar-refractivity contribution >= 4 is 33.6 Å². The van der Waals surface area contributed by atoms with E-state index in [1.165, 1.54) is 30.6 Å². The molecule has 2 N–H and O–H groups in total. The van der Waals surface area contributed by atoms with E-state index >= 15 is 0 Å². The molecule has 1 aromatic heterocycles. The maximum Gasteiger partial charge on any atom is 0.247 e. The van der Waals surface area contributed by atoms with Crippen LogP contribution in [-0.2, 0) is 17.6 Å². The summed E-state index contributed by atoms with van der Waals surface area (Å²) in [7, 11) is 0. The maximum atomic E-state index is 13.0. The summed E-state index contributed by atoms with van der Waals surface area (Å²) < 4.78 is 0. The van der Waals surface area contributed by atoms with Gasteiger partial charge in [-0.3, -0.25) is 4.79 Å². The minimum Gasteiger partial charge on any atom is -0.372 e. The van der Waals surface area contributed by atoms with Crippen LogP contribution in [0.4, 0.5) is 16.4 Å². The number of rotatable bonds is 5. The van der Waals surface area contributed by atoms with Crippen LogP contribution >= 0.6 is 11.3 Å². The summed E-state index contributed by atoms with van der Waals surface area (Å²) in [6.07, 6.45) is 9.17. The molecule has 1 aliphatic carbocycles. The molecule has 1 fully saturated rings. The first-order valence-electron chi connectivity index (χ1n) is 11.1. The van der Waals surface area contributed by atoms with Gasteiger partial charge in [-0.1, -0.05) is 18.6 Å². The topological polar surface area (TPSA) is 68.2 Å². The van der Waals surface area contributed by atoms with Gasteiger partial charge in [0.05, 0.1) is 16.9 Å². The van der Waals surface area contributed by atoms with Crippen LogP contribution in [0.1, 0.15) is 61.5 Å². The van der Waals surface area contributed by atoms with Gasteiger partial charge >= 0.3 is 0 Å². The van der Waals surface area contributed by atoms with E-state index in [4.69, 9.17) is 0 Å². The molecule has 4 rings (SSSR count). The molecule has 2 aliphatic rings. The van der Waals surface area contributed by atoms with Gasteiger partial charge < -0.3 is 15.5 Å². The van der Waals surface area contributed by atoms with Crippen molar-refractivity contribution in [2.24, 2.45) is 0 Å². The van der Waals surface area contributed by atoms with Crippen molar-refractivity contribution in [3.8, 4) is 6.07 Å². The van der Waals surface area contributed by atoms with Crippen LogP contribution in [0.5, 0.6) is 0 Å². The van der Waals surface area contributed by atoms with Crippen LogP contribution in [0.3, 0.4) is 0 Å². The van der Waals surface area contributed by atoms with Crippen molar-refractivity contribution in [1.82, 2.24) is 0 Å². The lowest BCUT2D eigenvalue weighted by Crippen LogP contribution is -2.34. The summed E-state index contributed by atoms with van der Waals surface area (Å²) in [5.41, 5.74) is 3.99. The summed E-state index contributed by atoms with van der Waals surface area (Å²) in [4.78, 5) is 16.6. The first-order valence-corrected chi connectivity index (χ1v) is 11.9. The van der Waals surface area contributed by atoms with Crippen LogP contribution in [0, 0.1) is 11.3 Å². The Morgan fingerprint density at radius 1 is 1.10 bits per heavy atom. The number of hydrogen-bond donors (Lipinski definition) is 2. The molecule has 6 heteroatoms. The number of anilines is 3. The van der Waals surface area contributed by atoms with E-state index in [1.807, 2.05) is 19.1 Å². The van der Waals surface area contributed by atoms with Crippen LogP contribution in [0.15, 0.2) is 24.3 Å². The molecule has 2 aromatic rings. The molecule has 0 spiro atoms. The fourth-order valence-electron chi connectivity index (χ4n) is 4.47. The van der Waals surface area contributed by atoms with Gasteiger partial charge in [-0.15, -0.1) is 11.3 Å². The maximum absolute atomic E-state index is 13.0. The molecule has 1 aliphatic heterocycles. The van der Waals surface area contributed by atoms with Gasteiger partial charge in [-0.25, -0.2) is 0 Å². The molecule has 1 aromatic carbocycles. The van der Waals surface area contributed by atoms with E-state index in [1.54, 1.807) is 11.3 Å². The van der Waals surface area contributed by atoms with Crippen LogP contribution in [0.25, 0.3) is 0 Å². The van der Waals surface area contributed by atoms with Crippen molar-refractivity contribution in [2.45, 2.75) is 64.3 Å². The molecule has 1 saturated heterocycles. The Labute approximate surface area is 183 Å². The minimum atomic E-state index is -0.399. The fourth-order valence-corrected chi connectivity index (χ4v) is 5.72. The Balaban J connectivity index is 1.47. The number of nitrogens with one attached hydrogen (secondary N) is 2. The molecule has 30 heavy (non-hydrogen) atoms. The minimum absolute atomic E-state index is 0.101. The Bertz CT molecular complexity index is 939. The molecule has 1 amide bonds. The number of carbonyl (C=O) groups excluding carboxylic acids is 1. The largest absolute Gasteiger partial charge is 0.372 e. The second kappa shape index (κ2) is 9.53. The van der Waals surface area contributed by atoms with E-state index in [-0.39, 0.29) is 5.91 Å². The van der Waals surface area contributed by atoms with E-state index in [9.17, 15) is 10.1 Å². The van der Waals surface area contributed by atoms with Gasteiger partial charge in [0.1, 0.15) is 17.1 Å². The second-order valence-electron chi connectivity index (χ2n) is 8.30. The molecule has 0 radical (unpaired) electrons. The monoisotopic (exact) mass is 422 g/mol. The quantitative estimate of drug-likeness (QED) is 0.640. The zero-order valence-corrected chi connectivity index (χ0v) is 18.5. The number of para-hydroxylation sites is 2. The average Bonchev–Trinajstić information content (AvgIpc) is 2.93. The number of aryl methyl sites for hydroxylation is 1. The van der Waals surface area contributed by atoms with Gasteiger partial charge in [0.2, 0.25) is 5.91 Å². The zero-order valence-electron chi connectivity index (χ0n) is 17.7. The smallest absolute Gasteiger partial charge is 0.247 e. The lowest BCUT2D eigenvalue weighted by atomic mass is 10.1. The molecule has 158 valence electrons. The summed E-state index contributed by atoms with van der Waals surface area (Å²) in [6.45, 7) is 4.00. The van der Waals surface area contributed by atoms with Gasteiger partial charge in [-0.05, 0) is 69.6 Å². The SMILES string of the molecule is C[C@@H](Nc1ccccc1N1CCCCC1)C(=O)Nc1sc2c(c1C#N)CCCCC2. The molecule has 0 unspecified atom stereocenters. The van der Waals surface area contributed by atoms with E-state index in [2.05, 4.69) is 33.7 Å². The standard InChI is InChI=1S/C24H30N4OS/c1-17(26-20-11-6-7-12-21(20)28-14-8-3-9-15-28)23(29)27-24-19(16-25)18-10-4-2-5-13-22(18)30-24/h6-7,11-12,17,26H,2-5,8-10,13-15H2,1H3,(H,27,29)/t17-/m1/s1. The lowest BCUT2D eigenvalue weighted by Gasteiger charge is -2.31. The fraction of sp³-hybridized carbons (Fsp3) is 0.500. The molecule has 1 atom stereocenters. The number of nitrogens with zero attached hydrogens (tertiary/aromatic N) is 2. The number of thiophene rings is 1. The summed E-state index contributed by atoms with van der Waals surface area (Å²) >= 11 is 1.59. The summed E-state index contributed by atoms with van der Waals surface area (Å²) in [6, 6.07) is 10.2. The van der Waals surface area contributed by atoms with Crippen LogP contribution in [-0.4, -0.2) is 25.0 Å². The first-order chi connectivity index (χ1) is 14.7. The number of hydrogen-bond acceptors (Lipinski definition) is 5. The van der Waals surface area contributed by atoms with Gasteiger partial charge in [0, 0.05) is 18.0 Å². The van der Waals surface area contributed by atoms with Crippen molar-refractivity contribution < 1.29 is 4.79 Å². The van der Waals surface area contributed by atoms with E-state index in [0.29, 0.717) is 10.6 Å². The average molecular weight is 423 g/mol. The Hall–Kier alpha value is -2.52. The van der Waals surface area contributed by atoms with Crippen LogP contribution in [0.2, 0.25) is 0 Å². The first kappa shape index (κ1) is 20.7. The molecule has 5 nitrogen and oxygen atoms in total. The second-order valence-corrected chi connectivity index (χ2v) is 9.41. The number of carbonyl (C=O) groups is 1. The molecule has 0 bridgehead atoms. The van der Waals surface area contributed by atoms with Crippen molar-refractivity contribution in [1.29, 1.82) is 5.26 Å². The molecular weight excluding hydrogens is 392 g/mol. The summed E-state index contributed by atoms with van der Waals surface area (Å²) in [5, 5.41) is 16.9. The highest BCUT2D eigenvalue weighted by Crippen LogP contribution is 2.37. The highest BCUT2D eigenvalue weighted by Gasteiger charge is 2.23. The number of fused-ring (bicyclic) bond motifs is 1. The van der Waals surface area contributed by atoms with Crippen LogP contribution < -0.4 is 15.5 Å². The van der Waals surface area contributed by atoms with Gasteiger partial charge in [0.15, 0.2) is 0 Å². The van der Waals surface area contributed by atoms with Gasteiger partial charge in [0.25, 0.3) is 0 Å². The summed E-state index contributed by atoms with van der Waals surface area (Å²) in [5.74, 6) is -0.101. The molecular formula is C24H30N4OS. The van der Waals surface area contributed by atoms with Crippen molar-refractivity contribution in [3.63, 3.8) is 0 Å². The number of amides is 1. The highest BCUT2D eigenvalue weighted by atomic mass is 32.1. The molecule has 2 heterocycles. The van der Waals surface area contributed by atoms with E-state index < -0.39 is 6.04 Å². The van der Waals surface area contributed by atoms with Crippen molar-refractivity contribution in [2.75, 3.05) is 28.6 Å². The third kappa shape index (κ3) is 4.46. The lowest BCUT2D eigenvalue weighted by molar-refractivity contribution is -0.116. The Kier molecular flexibility index (Phi) is 6.59. The highest BCUT2D eigenvalue weighted by molar-refractivity contribution is 7.16. The zero-order chi connectivity index (χ0) is 20.9. The predicted molar refractivity (Wildman–Crippen MR) is 125 cm³/mol. The third-order valence-electron chi connectivity index (χ3n) is 6.14. The number of nitriles is 1. The Morgan fingerprint density at radius 2 is 1.83 bits per heavy atom. The number of piperidine rings is 1. The van der Waals surface area contributed by atoms with E-state index in [0.717, 1.165) is 55.7 Å². The predicted octanol–water partition coefficient (Wildman–Crippen LogP) is 5.32.